The third kappa shape index (κ3) is 2.54. The molecule has 0 spiro atoms. The molecule has 0 saturated carbocycles. The van der Waals surface area contributed by atoms with Crippen molar-refractivity contribution in [1.29, 1.82) is 0 Å². The minimum absolute atomic E-state index is 0.473. The summed E-state index contributed by atoms with van der Waals surface area (Å²) in [6, 6.07) is 1.08. The fraction of sp³-hybridized carbons (Fsp3) is 0.632. The van der Waals surface area contributed by atoms with Gasteiger partial charge >= 0.3 is 0 Å². The average Bonchev–Trinajstić information content (AvgIpc) is 3.29. The highest BCUT2D eigenvalue weighted by Gasteiger charge is 2.41. The maximum Gasteiger partial charge on any atom is 0.225 e. The minimum Gasteiger partial charge on any atom is -0.341 e. The van der Waals surface area contributed by atoms with Gasteiger partial charge in [0, 0.05) is 68.7 Å². The monoisotopic (exact) mass is 338 g/mol. The minimum atomic E-state index is 0.473. The molecule has 2 aromatic rings. The summed E-state index contributed by atoms with van der Waals surface area (Å²) in [4.78, 5) is 14.7. The quantitative estimate of drug-likeness (QED) is 0.860. The molecular weight excluding hydrogens is 312 g/mol. The molecule has 2 bridgehead atoms. The molecule has 6 heteroatoms. The maximum atomic E-state index is 4.97. The molecule has 0 unspecified atom stereocenters. The lowest BCUT2D eigenvalue weighted by Crippen LogP contribution is -2.38. The van der Waals surface area contributed by atoms with Crippen LogP contribution in [-0.4, -0.2) is 43.8 Å². The highest BCUT2D eigenvalue weighted by molar-refractivity contribution is 5.38. The lowest BCUT2D eigenvalue weighted by Gasteiger charge is -2.35. The normalized spacial score (nSPS) is 25.6. The van der Waals surface area contributed by atoms with E-state index in [1.807, 2.05) is 11.7 Å². The van der Waals surface area contributed by atoms with E-state index >= 15 is 0 Å². The fourth-order valence-corrected chi connectivity index (χ4v) is 4.88. The number of hydrogen-bond acceptors (Lipinski definition) is 5. The Balaban J connectivity index is 1.43. The van der Waals surface area contributed by atoms with Crippen molar-refractivity contribution in [3.05, 3.63) is 34.9 Å². The summed E-state index contributed by atoms with van der Waals surface area (Å²) in [7, 11) is 2.00. The lowest BCUT2D eigenvalue weighted by molar-refractivity contribution is 0.166. The van der Waals surface area contributed by atoms with Crippen LogP contribution in [0.2, 0.25) is 0 Å². The second-order valence-electron chi connectivity index (χ2n) is 7.80. The van der Waals surface area contributed by atoms with Crippen molar-refractivity contribution in [1.82, 2.24) is 24.6 Å². The molecule has 132 valence electrons. The predicted molar refractivity (Wildman–Crippen MR) is 96.4 cm³/mol. The van der Waals surface area contributed by atoms with Crippen LogP contribution in [0.4, 0.5) is 5.95 Å². The molecule has 2 aromatic heterocycles. The van der Waals surface area contributed by atoms with Crippen LogP contribution >= 0.6 is 0 Å². The molecule has 2 saturated heterocycles. The first-order valence-corrected chi connectivity index (χ1v) is 9.54. The van der Waals surface area contributed by atoms with Crippen LogP contribution in [0.25, 0.3) is 0 Å². The summed E-state index contributed by atoms with van der Waals surface area (Å²) in [6.07, 6.45) is 10.4. The van der Waals surface area contributed by atoms with Gasteiger partial charge in [-0.25, -0.2) is 9.97 Å². The first kappa shape index (κ1) is 15.3. The van der Waals surface area contributed by atoms with Crippen molar-refractivity contribution in [2.45, 2.75) is 57.7 Å². The van der Waals surface area contributed by atoms with E-state index in [0.29, 0.717) is 12.1 Å². The zero-order valence-corrected chi connectivity index (χ0v) is 15.1. The summed E-state index contributed by atoms with van der Waals surface area (Å²) >= 11 is 0. The van der Waals surface area contributed by atoms with Crippen LogP contribution in [0.5, 0.6) is 0 Å². The van der Waals surface area contributed by atoms with Crippen LogP contribution in [-0.2, 0) is 20.0 Å². The molecule has 6 nitrogen and oxygen atoms in total. The highest BCUT2D eigenvalue weighted by atomic mass is 15.3. The largest absolute Gasteiger partial charge is 0.341 e. The lowest BCUT2D eigenvalue weighted by atomic mass is 9.98. The molecule has 3 aliphatic heterocycles. The van der Waals surface area contributed by atoms with Gasteiger partial charge in [0.05, 0.1) is 11.4 Å². The van der Waals surface area contributed by atoms with E-state index in [1.54, 1.807) is 0 Å². The molecule has 2 fully saturated rings. The number of fused-ring (bicyclic) bond motifs is 4. The zero-order valence-electron chi connectivity index (χ0n) is 15.1. The predicted octanol–water partition coefficient (Wildman–Crippen LogP) is 2.38. The van der Waals surface area contributed by atoms with Crippen LogP contribution in [0.15, 0.2) is 12.4 Å². The number of hydrogen-bond donors (Lipinski definition) is 0. The van der Waals surface area contributed by atoms with E-state index in [2.05, 4.69) is 34.2 Å². The molecule has 0 N–H and O–H groups in total. The molecular formula is C19H26N6. The van der Waals surface area contributed by atoms with Gasteiger partial charge in [0.15, 0.2) is 0 Å². The molecule has 0 radical (unpaired) electrons. The van der Waals surface area contributed by atoms with Gasteiger partial charge in [-0.05, 0) is 32.6 Å². The van der Waals surface area contributed by atoms with E-state index in [9.17, 15) is 0 Å². The Kier molecular flexibility index (Phi) is 3.55. The molecule has 0 aliphatic carbocycles. The average molecular weight is 338 g/mol. The van der Waals surface area contributed by atoms with Gasteiger partial charge in [0.1, 0.15) is 0 Å². The Morgan fingerprint density at radius 3 is 2.80 bits per heavy atom. The smallest absolute Gasteiger partial charge is 0.225 e. The molecule has 25 heavy (non-hydrogen) atoms. The Morgan fingerprint density at radius 2 is 2.04 bits per heavy atom. The van der Waals surface area contributed by atoms with E-state index in [0.717, 1.165) is 37.7 Å². The number of aryl methyl sites for hydroxylation is 2. The summed E-state index contributed by atoms with van der Waals surface area (Å²) in [5.41, 5.74) is 5.15. The first-order chi connectivity index (χ1) is 12.2. The van der Waals surface area contributed by atoms with Crippen LogP contribution in [0.1, 0.15) is 54.2 Å². The van der Waals surface area contributed by atoms with Crippen LogP contribution in [0.3, 0.4) is 0 Å². The van der Waals surface area contributed by atoms with Crippen molar-refractivity contribution in [3.63, 3.8) is 0 Å². The molecule has 0 amide bonds. The van der Waals surface area contributed by atoms with E-state index in [1.165, 1.54) is 42.5 Å². The first-order valence-electron chi connectivity index (χ1n) is 9.54. The topological polar surface area (TPSA) is 50.1 Å². The SMILES string of the molecule is Cc1nn(C)cc1CN1[C@H]2CC[C@@H]1c1cnc(N3CCCC3)nc1C2. The van der Waals surface area contributed by atoms with Gasteiger partial charge in [-0.1, -0.05) is 0 Å². The second kappa shape index (κ2) is 5.80. The highest BCUT2D eigenvalue weighted by Crippen LogP contribution is 2.44. The maximum absolute atomic E-state index is 4.97. The number of nitrogens with zero attached hydrogens (tertiary/aromatic N) is 6. The van der Waals surface area contributed by atoms with Gasteiger partial charge in [0.2, 0.25) is 5.95 Å². The van der Waals surface area contributed by atoms with E-state index < -0.39 is 0 Å². The van der Waals surface area contributed by atoms with Crippen molar-refractivity contribution in [3.8, 4) is 0 Å². The second-order valence-corrected chi connectivity index (χ2v) is 7.80. The van der Waals surface area contributed by atoms with Crippen molar-refractivity contribution < 1.29 is 0 Å². The number of anilines is 1. The summed E-state index contributed by atoms with van der Waals surface area (Å²) in [5, 5.41) is 4.51. The van der Waals surface area contributed by atoms with Gasteiger partial charge in [-0.15, -0.1) is 0 Å². The molecule has 0 aromatic carbocycles. The Labute approximate surface area is 148 Å². The summed E-state index contributed by atoms with van der Waals surface area (Å²) in [5.74, 6) is 0.951. The van der Waals surface area contributed by atoms with Crippen LogP contribution < -0.4 is 4.90 Å². The molecule has 5 rings (SSSR count). The van der Waals surface area contributed by atoms with Gasteiger partial charge < -0.3 is 4.90 Å². The Morgan fingerprint density at radius 1 is 1.20 bits per heavy atom. The van der Waals surface area contributed by atoms with E-state index in [-0.39, 0.29) is 0 Å². The standard InChI is InChI=1S/C19H26N6/c1-13-14(11-23(2)22-13)12-25-15-5-6-18(25)16-10-20-19(21-17(16)9-15)24-7-3-4-8-24/h10-11,15,18H,3-9,12H2,1-2H3/t15-,18+/m0/s1. The molecule has 5 heterocycles. The Hall–Kier alpha value is -1.95. The zero-order chi connectivity index (χ0) is 17.0. The van der Waals surface area contributed by atoms with Crippen LogP contribution in [0, 0.1) is 6.92 Å². The number of rotatable bonds is 3. The van der Waals surface area contributed by atoms with Crippen molar-refractivity contribution >= 4 is 5.95 Å². The Bertz CT molecular complexity index is 791. The van der Waals surface area contributed by atoms with Gasteiger partial charge in [0.25, 0.3) is 0 Å². The molecule has 2 atom stereocenters. The van der Waals surface area contributed by atoms with Crippen molar-refractivity contribution in [2.24, 2.45) is 7.05 Å². The van der Waals surface area contributed by atoms with Gasteiger partial charge in [-0.3, -0.25) is 9.58 Å². The fourth-order valence-electron chi connectivity index (χ4n) is 4.88. The summed E-state index contributed by atoms with van der Waals surface area (Å²) in [6.45, 7) is 5.32. The number of aromatic nitrogens is 4. The third-order valence-corrected chi connectivity index (χ3v) is 6.17. The summed E-state index contributed by atoms with van der Waals surface area (Å²) < 4.78 is 1.93. The van der Waals surface area contributed by atoms with Crippen molar-refractivity contribution in [2.75, 3.05) is 18.0 Å². The van der Waals surface area contributed by atoms with E-state index in [4.69, 9.17) is 9.97 Å². The van der Waals surface area contributed by atoms with Gasteiger partial charge in [-0.2, -0.15) is 5.10 Å². The third-order valence-electron chi connectivity index (χ3n) is 6.17. The molecule has 3 aliphatic rings.